The van der Waals surface area contributed by atoms with E-state index in [-0.39, 0.29) is 11.9 Å². The molecule has 1 aliphatic heterocycles. The van der Waals surface area contributed by atoms with Crippen LogP contribution >= 0.6 is 0 Å². The van der Waals surface area contributed by atoms with Gasteiger partial charge in [0.2, 0.25) is 5.91 Å². The largest absolute Gasteiger partial charge is 0.417 e. The van der Waals surface area contributed by atoms with Crippen molar-refractivity contribution >= 4 is 11.7 Å². The Morgan fingerprint density at radius 2 is 1.92 bits per heavy atom. The maximum atomic E-state index is 12.6. The van der Waals surface area contributed by atoms with Crippen LogP contribution in [0.25, 0.3) is 0 Å². The Morgan fingerprint density at radius 1 is 1.25 bits per heavy atom. The Balaban J connectivity index is 1.53. The minimum atomic E-state index is -4.37. The second kappa shape index (κ2) is 6.58. The van der Waals surface area contributed by atoms with E-state index in [1.807, 2.05) is 11.8 Å². The fourth-order valence-corrected chi connectivity index (χ4v) is 2.79. The number of halogens is 3. The lowest BCUT2D eigenvalue weighted by atomic mass is 10.2. The summed E-state index contributed by atoms with van der Waals surface area (Å²) in [7, 11) is 0. The number of aromatic nitrogens is 1. The summed E-state index contributed by atoms with van der Waals surface area (Å²) in [6.45, 7) is 4.53. The molecule has 1 aromatic rings. The molecule has 0 aromatic carbocycles. The summed E-state index contributed by atoms with van der Waals surface area (Å²) >= 11 is 0. The molecule has 24 heavy (non-hydrogen) atoms. The van der Waals surface area contributed by atoms with Gasteiger partial charge in [-0.3, -0.25) is 9.69 Å². The van der Waals surface area contributed by atoms with E-state index in [0.29, 0.717) is 38.0 Å². The fraction of sp³-hybridized carbons (Fsp3) is 0.625. The van der Waals surface area contributed by atoms with Gasteiger partial charge in [-0.1, -0.05) is 0 Å². The highest BCUT2D eigenvalue weighted by Crippen LogP contribution is 2.29. The predicted octanol–water partition coefficient (Wildman–Crippen LogP) is 1.89. The topological polar surface area (TPSA) is 48.5 Å². The van der Waals surface area contributed by atoms with Crippen molar-refractivity contribution in [3.63, 3.8) is 0 Å². The Hall–Kier alpha value is -1.83. The lowest BCUT2D eigenvalue weighted by molar-refractivity contribution is -0.137. The van der Waals surface area contributed by atoms with E-state index in [9.17, 15) is 18.0 Å². The van der Waals surface area contributed by atoms with Crippen LogP contribution in [0.15, 0.2) is 18.3 Å². The van der Waals surface area contributed by atoms with E-state index < -0.39 is 11.7 Å². The first kappa shape index (κ1) is 17.0. The van der Waals surface area contributed by atoms with Crippen molar-refractivity contribution < 1.29 is 18.0 Å². The number of piperazine rings is 1. The number of rotatable bonds is 4. The third kappa shape index (κ3) is 3.98. The van der Waals surface area contributed by atoms with Gasteiger partial charge in [0.1, 0.15) is 5.82 Å². The van der Waals surface area contributed by atoms with Crippen molar-refractivity contribution in [1.82, 2.24) is 15.2 Å². The second-order valence-corrected chi connectivity index (χ2v) is 6.38. The van der Waals surface area contributed by atoms with E-state index in [2.05, 4.69) is 15.2 Å². The molecule has 0 spiro atoms. The van der Waals surface area contributed by atoms with Gasteiger partial charge in [-0.25, -0.2) is 4.98 Å². The van der Waals surface area contributed by atoms with Crippen LogP contribution in [0.4, 0.5) is 19.0 Å². The standard InChI is InChI=1S/C16H21F3N4O/c1-11(15(24)21-13-3-4-13)22-6-8-23(9-7-22)14-5-2-12(10-20-14)16(17,18)19/h2,5,10-11,13H,3-4,6-9H2,1H3,(H,21,24)/t11-/m1/s1. The summed E-state index contributed by atoms with van der Waals surface area (Å²) < 4.78 is 37.7. The highest BCUT2D eigenvalue weighted by Gasteiger charge is 2.32. The highest BCUT2D eigenvalue weighted by atomic mass is 19.4. The minimum absolute atomic E-state index is 0.0543. The van der Waals surface area contributed by atoms with Crippen molar-refractivity contribution in [2.24, 2.45) is 0 Å². The molecule has 1 atom stereocenters. The Bertz CT molecular complexity index is 578. The van der Waals surface area contributed by atoms with Gasteiger partial charge in [-0.05, 0) is 31.9 Å². The zero-order valence-electron chi connectivity index (χ0n) is 13.5. The molecule has 1 aromatic heterocycles. The van der Waals surface area contributed by atoms with Crippen molar-refractivity contribution in [1.29, 1.82) is 0 Å². The summed E-state index contributed by atoms with van der Waals surface area (Å²) in [5.74, 6) is 0.594. The first-order valence-corrected chi connectivity index (χ1v) is 8.17. The molecule has 0 bridgehead atoms. The molecule has 3 rings (SSSR count). The van der Waals surface area contributed by atoms with Crippen LogP contribution in [0.2, 0.25) is 0 Å². The molecule has 2 aliphatic rings. The fourth-order valence-electron chi connectivity index (χ4n) is 2.79. The molecular weight excluding hydrogens is 321 g/mol. The minimum Gasteiger partial charge on any atom is -0.354 e. The molecule has 1 amide bonds. The van der Waals surface area contributed by atoms with E-state index in [0.717, 1.165) is 25.1 Å². The van der Waals surface area contributed by atoms with Crippen molar-refractivity contribution in [2.45, 2.75) is 38.0 Å². The van der Waals surface area contributed by atoms with Crippen LogP contribution < -0.4 is 10.2 Å². The molecule has 132 valence electrons. The molecule has 5 nitrogen and oxygen atoms in total. The lowest BCUT2D eigenvalue weighted by Gasteiger charge is -2.38. The third-order valence-corrected chi connectivity index (χ3v) is 4.56. The number of anilines is 1. The van der Waals surface area contributed by atoms with Gasteiger partial charge in [0.15, 0.2) is 0 Å². The van der Waals surface area contributed by atoms with Crippen LogP contribution in [-0.2, 0) is 11.0 Å². The van der Waals surface area contributed by atoms with Gasteiger partial charge in [-0.15, -0.1) is 0 Å². The number of hydrogen-bond donors (Lipinski definition) is 1. The summed E-state index contributed by atoms with van der Waals surface area (Å²) in [6, 6.07) is 2.62. The van der Waals surface area contributed by atoms with Gasteiger partial charge in [0.25, 0.3) is 0 Å². The number of amides is 1. The molecule has 1 saturated heterocycles. The van der Waals surface area contributed by atoms with Crippen molar-refractivity contribution in [3.05, 3.63) is 23.9 Å². The smallest absolute Gasteiger partial charge is 0.354 e. The van der Waals surface area contributed by atoms with Crippen molar-refractivity contribution in [3.8, 4) is 0 Å². The van der Waals surface area contributed by atoms with Crippen molar-refractivity contribution in [2.75, 3.05) is 31.1 Å². The van der Waals surface area contributed by atoms with Crippen LogP contribution in [0, 0.1) is 0 Å². The summed E-state index contributed by atoms with van der Waals surface area (Å²) in [5.41, 5.74) is -0.741. The first-order chi connectivity index (χ1) is 11.3. The van der Waals surface area contributed by atoms with Gasteiger partial charge < -0.3 is 10.2 Å². The summed E-state index contributed by atoms with van der Waals surface area (Å²) in [5, 5.41) is 3.00. The number of nitrogens with zero attached hydrogens (tertiary/aromatic N) is 3. The molecule has 0 unspecified atom stereocenters. The number of carbonyl (C=O) groups is 1. The molecule has 1 aliphatic carbocycles. The van der Waals surface area contributed by atoms with Crippen LogP contribution in [0.5, 0.6) is 0 Å². The summed E-state index contributed by atoms with van der Waals surface area (Å²) in [6.07, 6.45) is -1.38. The summed E-state index contributed by atoms with van der Waals surface area (Å²) in [4.78, 5) is 20.1. The highest BCUT2D eigenvalue weighted by molar-refractivity contribution is 5.81. The average Bonchev–Trinajstić information content (AvgIpc) is 3.37. The first-order valence-electron chi connectivity index (χ1n) is 8.17. The zero-order valence-corrected chi connectivity index (χ0v) is 13.5. The molecule has 2 heterocycles. The second-order valence-electron chi connectivity index (χ2n) is 6.38. The molecule has 2 fully saturated rings. The normalized spacial score (nSPS) is 20.8. The zero-order chi connectivity index (χ0) is 17.3. The Morgan fingerprint density at radius 3 is 2.42 bits per heavy atom. The number of alkyl halides is 3. The number of hydrogen-bond acceptors (Lipinski definition) is 4. The van der Waals surface area contributed by atoms with Crippen LogP contribution in [0.3, 0.4) is 0 Å². The molecule has 1 N–H and O–H groups in total. The number of pyridine rings is 1. The van der Waals surface area contributed by atoms with E-state index >= 15 is 0 Å². The Labute approximate surface area is 138 Å². The average molecular weight is 342 g/mol. The molecular formula is C16H21F3N4O. The van der Waals surface area contributed by atoms with Gasteiger partial charge in [-0.2, -0.15) is 13.2 Å². The van der Waals surface area contributed by atoms with Gasteiger partial charge >= 0.3 is 6.18 Å². The monoisotopic (exact) mass is 342 g/mol. The number of carbonyl (C=O) groups excluding carboxylic acids is 1. The van der Waals surface area contributed by atoms with E-state index in [1.54, 1.807) is 0 Å². The quantitative estimate of drug-likeness (QED) is 0.908. The Kier molecular flexibility index (Phi) is 4.67. The predicted molar refractivity (Wildman–Crippen MR) is 83.7 cm³/mol. The maximum absolute atomic E-state index is 12.6. The van der Waals surface area contributed by atoms with Gasteiger partial charge in [0.05, 0.1) is 11.6 Å². The molecule has 1 saturated carbocycles. The molecule has 0 radical (unpaired) electrons. The SMILES string of the molecule is C[C@H](C(=O)NC1CC1)N1CCN(c2ccc(C(F)(F)F)cn2)CC1. The van der Waals surface area contributed by atoms with Crippen LogP contribution in [-0.4, -0.2) is 54.1 Å². The molecule has 8 heteroatoms. The lowest BCUT2D eigenvalue weighted by Crippen LogP contribution is -2.54. The van der Waals surface area contributed by atoms with Gasteiger partial charge in [0, 0.05) is 38.4 Å². The number of nitrogens with one attached hydrogen (secondary N) is 1. The van der Waals surface area contributed by atoms with Crippen LogP contribution in [0.1, 0.15) is 25.3 Å². The van der Waals surface area contributed by atoms with E-state index in [4.69, 9.17) is 0 Å². The van der Waals surface area contributed by atoms with E-state index in [1.165, 1.54) is 6.07 Å². The maximum Gasteiger partial charge on any atom is 0.417 e. The third-order valence-electron chi connectivity index (χ3n) is 4.56.